The summed E-state index contributed by atoms with van der Waals surface area (Å²) >= 11 is 0. The average Bonchev–Trinajstić information content (AvgIpc) is 2.67. The second-order valence-electron chi connectivity index (χ2n) is 5.39. The zero-order valence-electron chi connectivity index (χ0n) is 13.6. The number of rotatable bonds is 6. The molecule has 0 saturated heterocycles. The normalized spacial score (nSPS) is 10.3. The highest BCUT2D eigenvalue weighted by molar-refractivity contribution is 5.80. The summed E-state index contributed by atoms with van der Waals surface area (Å²) < 4.78 is 25.0. The average molecular weight is 337 g/mol. The largest absolute Gasteiger partial charge is 0.489 e. The van der Waals surface area contributed by atoms with Gasteiger partial charge in [-0.25, -0.2) is 9.37 Å². The second kappa shape index (κ2) is 7.57. The highest BCUT2D eigenvalue weighted by atomic mass is 19.1. The van der Waals surface area contributed by atoms with Crippen LogP contribution in [0.2, 0.25) is 0 Å². The third-order valence-electron chi connectivity index (χ3n) is 3.66. The van der Waals surface area contributed by atoms with Crippen LogP contribution in [0.3, 0.4) is 0 Å². The minimum Gasteiger partial charge on any atom is -0.489 e. The molecule has 0 bridgehead atoms. The van der Waals surface area contributed by atoms with E-state index in [1.54, 1.807) is 18.2 Å². The molecule has 25 heavy (non-hydrogen) atoms. The molecule has 0 fully saturated rings. The Morgan fingerprint density at radius 2 is 1.92 bits per heavy atom. The molecule has 0 atom stereocenters. The Morgan fingerprint density at radius 3 is 2.64 bits per heavy atom. The van der Waals surface area contributed by atoms with Crippen molar-refractivity contribution in [2.75, 3.05) is 7.11 Å². The molecule has 3 aromatic rings. The van der Waals surface area contributed by atoms with Crippen LogP contribution in [-0.2, 0) is 6.61 Å². The summed E-state index contributed by atoms with van der Waals surface area (Å²) in [7, 11) is 1.46. The van der Waals surface area contributed by atoms with E-state index in [4.69, 9.17) is 9.47 Å². The topological polar surface area (TPSA) is 48.4 Å². The predicted octanol–water partition coefficient (Wildman–Crippen LogP) is 4.29. The van der Waals surface area contributed by atoms with Gasteiger partial charge in [-0.15, -0.1) is 0 Å². The standard InChI is InChI=1S/C20H16FNO3/c1-24-20-10-18(19(21)11-22-20)16-7-15(12-23)8-17(9-16)25-13-14-5-3-2-4-6-14/h2-12H,13H2,1H3. The third kappa shape index (κ3) is 4.01. The number of aromatic nitrogens is 1. The van der Waals surface area contributed by atoms with Gasteiger partial charge in [0.1, 0.15) is 24.5 Å². The number of methoxy groups -OCH3 is 1. The zero-order chi connectivity index (χ0) is 17.6. The number of pyridine rings is 1. The van der Waals surface area contributed by atoms with E-state index in [9.17, 15) is 9.18 Å². The Balaban J connectivity index is 1.94. The zero-order valence-corrected chi connectivity index (χ0v) is 13.6. The lowest BCUT2D eigenvalue weighted by Gasteiger charge is -2.11. The SMILES string of the molecule is COc1cc(-c2cc(C=O)cc(OCc3ccccc3)c2)c(F)cn1. The molecule has 126 valence electrons. The smallest absolute Gasteiger partial charge is 0.213 e. The molecule has 0 spiro atoms. The summed E-state index contributed by atoms with van der Waals surface area (Å²) in [6, 6.07) is 16.0. The molecule has 3 rings (SSSR count). The van der Waals surface area contributed by atoms with E-state index >= 15 is 0 Å². The number of carbonyl (C=O) groups is 1. The van der Waals surface area contributed by atoms with E-state index < -0.39 is 5.82 Å². The van der Waals surface area contributed by atoms with E-state index in [0.29, 0.717) is 41.2 Å². The summed E-state index contributed by atoms with van der Waals surface area (Å²) in [6.07, 6.45) is 1.79. The van der Waals surface area contributed by atoms with Crippen molar-refractivity contribution in [3.8, 4) is 22.8 Å². The third-order valence-corrected chi connectivity index (χ3v) is 3.66. The van der Waals surface area contributed by atoms with Crippen LogP contribution in [0.5, 0.6) is 11.6 Å². The maximum Gasteiger partial charge on any atom is 0.213 e. The lowest BCUT2D eigenvalue weighted by Crippen LogP contribution is -1.97. The van der Waals surface area contributed by atoms with Crippen LogP contribution in [0.1, 0.15) is 15.9 Å². The van der Waals surface area contributed by atoms with Gasteiger partial charge >= 0.3 is 0 Å². The van der Waals surface area contributed by atoms with Gasteiger partial charge < -0.3 is 9.47 Å². The lowest BCUT2D eigenvalue weighted by molar-refractivity contribution is 0.112. The van der Waals surface area contributed by atoms with Crippen molar-refractivity contribution in [3.05, 3.63) is 77.7 Å². The number of ether oxygens (including phenoxy) is 2. The van der Waals surface area contributed by atoms with Gasteiger partial charge in [-0.3, -0.25) is 4.79 Å². The first-order valence-corrected chi connectivity index (χ1v) is 7.66. The summed E-state index contributed by atoms with van der Waals surface area (Å²) in [5, 5.41) is 0. The van der Waals surface area contributed by atoms with Crippen LogP contribution in [-0.4, -0.2) is 18.4 Å². The van der Waals surface area contributed by atoms with Gasteiger partial charge in [0.15, 0.2) is 0 Å². The number of carbonyl (C=O) groups excluding carboxylic acids is 1. The van der Waals surface area contributed by atoms with Gasteiger partial charge in [0, 0.05) is 17.2 Å². The van der Waals surface area contributed by atoms with Gasteiger partial charge in [-0.1, -0.05) is 30.3 Å². The molecule has 0 unspecified atom stereocenters. The van der Waals surface area contributed by atoms with E-state index in [1.165, 1.54) is 13.2 Å². The number of aldehydes is 1. The second-order valence-corrected chi connectivity index (χ2v) is 5.39. The van der Waals surface area contributed by atoms with Crippen LogP contribution in [0.25, 0.3) is 11.1 Å². The Morgan fingerprint density at radius 1 is 1.12 bits per heavy atom. The molecular formula is C20H16FNO3. The quantitative estimate of drug-likeness (QED) is 0.630. The number of hydrogen-bond donors (Lipinski definition) is 0. The van der Waals surface area contributed by atoms with Crippen molar-refractivity contribution in [1.82, 2.24) is 4.98 Å². The molecule has 0 radical (unpaired) electrons. The minimum atomic E-state index is -0.502. The van der Waals surface area contributed by atoms with E-state index in [1.807, 2.05) is 30.3 Å². The number of hydrogen-bond acceptors (Lipinski definition) is 4. The molecule has 4 nitrogen and oxygen atoms in total. The molecule has 5 heteroatoms. The highest BCUT2D eigenvalue weighted by Crippen LogP contribution is 2.30. The van der Waals surface area contributed by atoms with Crippen molar-refractivity contribution in [3.63, 3.8) is 0 Å². The van der Waals surface area contributed by atoms with Crippen LogP contribution >= 0.6 is 0 Å². The molecule has 2 aromatic carbocycles. The molecule has 1 heterocycles. The molecular weight excluding hydrogens is 321 g/mol. The van der Waals surface area contributed by atoms with Crippen molar-refractivity contribution in [2.24, 2.45) is 0 Å². The molecule has 0 N–H and O–H groups in total. The van der Waals surface area contributed by atoms with E-state index in [2.05, 4.69) is 4.98 Å². The molecule has 0 aliphatic heterocycles. The van der Waals surface area contributed by atoms with Crippen LogP contribution in [0.4, 0.5) is 4.39 Å². The van der Waals surface area contributed by atoms with Gasteiger partial charge in [0.25, 0.3) is 0 Å². The fourth-order valence-electron chi connectivity index (χ4n) is 2.42. The van der Waals surface area contributed by atoms with Crippen LogP contribution < -0.4 is 9.47 Å². The van der Waals surface area contributed by atoms with Crippen molar-refractivity contribution >= 4 is 6.29 Å². The van der Waals surface area contributed by atoms with E-state index in [0.717, 1.165) is 11.8 Å². The number of halogens is 1. The monoisotopic (exact) mass is 337 g/mol. The Kier molecular flexibility index (Phi) is 5.04. The first-order chi connectivity index (χ1) is 12.2. The van der Waals surface area contributed by atoms with E-state index in [-0.39, 0.29) is 0 Å². The predicted molar refractivity (Wildman–Crippen MR) is 92.3 cm³/mol. The van der Waals surface area contributed by atoms with Crippen molar-refractivity contribution in [1.29, 1.82) is 0 Å². The van der Waals surface area contributed by atoms with Crippen LogP contribution in [0.15, 0.2) is 60.8 Å². The highest BCUT2D eigenvalue weighted by Gasteiger charge is 2.11. The van der Waals surface area contributed by atoms with Gasteiger partial charge in [0.2, 0.25) is 5.88 Å². The summed E-state index contributed by atoms with van der Waals surface area (Å²) in [4.78, 5) is 15.1. The molecule has 0 aliphatic carbocycles. The Hall–Kier alpha value is -3.21. The fourth-order valence-corrected chi connectivity index (χ4v) is 2.42. The summed E-state index contributed by atoms with van der Waals surface area (Å²) in [6.45, 7) is 0.352. The lowest BCUT2D eigenvalue weighted by atomic mass is 10.0. The molecule has 1 aromatic heterocycles. The fraction of sp³-hybridized carbons (Fsp3) is 0.100. The molecule has 0 amide bonds. The summed E-state index contributed by atoms with van der Waals surface area (Å²) in [5.74, 6) is 0.274. The Bertz CT molecular complexity index is 881. The first kappa shape index (κ1) is 16.6. The number of benzene rings is 2. The minimum absolute atomic E-state index is 0.291. The molecule has 0 aliphatic rings. The Labute approximate surface area is 144 Å². The van der Waals surface area contributed by atoms with Gasteiger partial charge in [0.05, 0.1) is 13.3 Å². The van der Waals surface area contributed by atoms with Crippen molar-refractivity contribution < 1.29 is 18.7 Å². The van der Waals surface area contributed by atoms with Crippen LogP contribution in [0, 0.1) is 5.82 Å². The van der Waals surface area contributed by atoms with Gasteiger partial charge in [-0.05, 0) is 29.3 Å². The summed E-state index contributed by atoms with van der Waals surface area (Å²) in [5.41, 5.74) is 2.21. The molecule has 0 saturated carbocycles. The maximum absolute atomic E-state index is 14.2. The first-order valence-electron chi connectivity index (χ1n) is 7.66. The van der Waals surface area contributed by atoms with Crippen molar-refractivity contribution in [2.45, 2.75) is 6.61 Å². The number of nitrogens with zero attached hydrogens (tertiary/aromatic N) is 1. The maximum atomic E-state index is 14.2. The van der Waals surface area contributed by atoms with Gasteiger partial charge in [-0.2, -0.15) is 0 Å².